The molecule has 0 saturated heterocycles. The molecule has 1 fully saturated rings. The third-order valence-corrected chi connectivity index (χ3v) is 4.59. The van der Waals surface area contributed by atoms with E-state index < -0.39 is 11.4 Å². The summed E-state index contributed by atoms with van der Waals surface area (Å²) in [6, 6.07) is 8.12. The third-order valence-electron chi connectivity index (χ3n) is 4.59. The second-order valence-electron chi connectivity index (χ2n) is 6.20. The maximum atomic E-state index is 11.5. The second kappa shape index (κ2) is 6.48. The van der Waals surface area contributed by atoms with Crippen LogP contribution in [0.2, 0.25) is 0 Å². The highest BCUT2D eigenvalue weighted by molar-refractivity contribution is 5.84. The van der Waals surface area contributed by atoms with Gasteiger partial charge in [0.05, 0.1) is 5.54 Å². The average molecular weight is 290 g/mol. The highest BCUT2D eigenvalue weighted by Gasteiger charge is 2.38. The third kappa shape index (κ3) is 3.56. The molecule has 0 bridgehead atoms. The fraction of sp³-hybridized carbons (Fsp3) is 0.588. The molecule has 1 amide bonds. The van der Waals surface area contributed by atoms with Gasteiger partial charge in [-0.05, 0) is 43.2 Å². The van der Waals surface area contributed by atoms with Crippen LogP contribution in [0.5, 0.6) is 5.75 Å². The Morgan fingerprint density at radius 2 is 2.19 bits per heavy atom. The van der Waals surface area contributed by atoms with E-state index in [4.69, 9.17) is 16.2 Å². The van der Waals surface area contributed by atoms with Gasteiger partial charge in [0.25, 0.3) is 0 Å². The summed E-state index contributed by atoms with van der Waals surface area (Å²) >= 11 is 0. The van der Waals surface area contributed by atoms with Gasteiger partial charge < -0.3 is 16.2 Å². The Morgan fingerprint density at radius 3 is 2.86 bits per heavy atom. The summed E-state index contributed by atoms with van der Waals surface area (Å²) in [6.07, 6.45) is 3.96. The molecule has 0 aliphatic heterocycles. The minimum Gasteiger partial charge on any atom is -0.490 e. The van der Waals surface area contributed by atoms with Crippen LogP contribution in [0.4, 0.5) is 0 Å². The molecule has 4 nitrogen and oxygen atoms in total. The minimum absolute atomic E-state index is 0.0403. The average Bonchev–Trinajstić information content (AvgIpc) is 2.47. The maximum absolute atomic E-state index is 11.5. The molecule has 3 atom stereocenters. The maximum Gasteiger partial charge on any atom is 0.237 e. The summed E-state index contributed by atoms with van der Waals surface area (Å²) in [5, 5.41) is 0. The number of hydrogen-bond donors (Lipinski definition) is 2. The zero-order chi connectivity index (χ0) is 15.5. The fourth-order valence-corrected chi connectivity index (χ4v) is 2.97. The predicted molar refractivity (Wildman–Crippen MR) is 84.1 cm³/mol. The van der Waals surface area contributed by atoms with Gasteiger partial charge in [-0.25, -0.2) is 0 Å². The lowest BCUT2D eigenvalue weighted by Gasteiger charge is -2.35. The Hall–Kier alpha value is -1.55. The number of rotatable bonds is 5. The number of carbonyl (C=O) groups excluding carboxylic acids is 1. The first-order valence-electron chi connectivity index (χ1n) is 7.80. The summed E-state index contributed by atoms with van der Waals surface area (Å²) in [5.41, 5.74) is 11.8. The largest absolute Gasteiger partial charge is 0.490 e. The molecule has 1 aliphatic rings. The van der Waals surface area contributed by atoms with Gasteiger partial charge in [-0.15, -0.1) is 0 Å². The first-order valence-corrected chi connectivity index (χ1v) is 7.80. The van der Waals surface area contributed by atoms with Crippen molar-refractivity contribution >= 4 is 5.91 Å². The minimum atomic E-state index is -0.922. The quantitative estimate of drug-likeness (QED) is 0.875. The molecule has 4 N–H and O–H groups in total. The lowest BCUT2D eigenvalue weighted by molar-refractivity contribution is -0.125. The first kappa shape index (κ1) is 15.8. The van der Waals surface area contributed by atoms with E-state index in [0.717, 1.165) is 25.0 Å². The van der Waals surface area contributed by atoms with Crippen LogP contribution in [0.15, 0.2) is 24.3 Å². The summed E-state index contributed by atoms with van der Waals surface area (Å²) in [5.74, 6) is 0.931. The molecule has 3 unspecified atom stereocenters. The molecule has 0 aromatic heterocycles. The summed E-state index contributed by atoms with van der Waals surface area (Å²) in [4.78, 5) is 11.5. The zero-order valence-electron chi connectivity index (χ0n) is 13.0. The molecular weight excluding hydrogens is 264 g/mol. The number of para-hydroxylation sites is 1. The molecule has 0 heterocycles. The van der Waals surface area contributed by atoms with Crippen molar-refractivity contribution in [2.24, 2.45) is 11.5 Å². The van der Waals surface area contributed by atoms with E-state index in [1.54, 1.807) is 0 Å². The van der Waals surface area contributed by atoms with E-state index in [-0.39, 0.29) is 6.10 Å². The van der Waals surface area contributed by atoms with E-state index in [1.807, 2.05) is 18.2 Å². The Morgan fingerprint density at radius 1 is 1.48 bits per heavy atom. The van der Waals surface area contributed by atoms with Crippen molar-refractivity contribution in [3.8, 4) is 5.75 Å². The second-order valence-corrected chi connectivity index (χ2v) is 6.20. The van der Waals surface area contributed by atoms with E-state index in [9.17, 15) is 4.79 Å². The Bertz CT molecular complexity index is 503. The van der Waals surface area contributed by atoms with Gasteiger partial charge in [-0.1, -0.05) is 32.0 Å². The van der Waals surface area contributed by atoms with Crippen molar-refractivity contribution < 1.29 is 9.53 Å². The standard InChI is InChI=1S/C17H26N2O2/c1-3-12(2)14-8-4-5-9-15(14)21-13-7-6-10-17(19,11-13)16(18)20/h4-5,8-9,12-13H,3,6-7,10-11,19H2,1-2H3,(H2,18,20). The van der Waals surface area contributed by atoms with Crippen molar-refractivity contribution in [3.05, 3.63) is 29.8 Å². The van der Waals surface area contributed by atoms with Gasteiger partial charge in [0.15, 0.2) is 0 Å². The van der Waals surface area contributed by atoms with Crippen molar-refractivity contribution in [3.63, 3.8) is 0 Å². The summed E-state index contributed by atoms with van der Waals surface area (Å²) in [6.45, 7) is 4.36. The lowest BCUT2D eigenvalue weighted by Crippen LogP contribution is -2.56. The molecule has 1 saturated carbocycles. The number of benzene rings is 1. The molecule has 2 rings (SSSR count). The number of primary amides is 1. The monoisotopic (exact) mass is 290 g/mol. The van der Waals surface area contributed by atoms with Gasteiger partial charge in [0.2, 0.25) is 5.91 Å². The number of carbonyl (C=O) groups is 1. The summed E-state index contributed by atoms with van der Waals surface area (Å²) in [7, 11) is 0. The Labute approximate surface area is 126 Å². The van der Waals surface area contributed by atoms with Crippen LogP contribution in [0.3, 0.4) is 0 Å². The smallest absolute Gasteiger partial charge is 0.237 e. The molecule has 0 spiro atoms. The molecule has 0 radical (unpaired) electrons. The number of ether oxygens (including phenoxy) is 1. The van der Waals surface area contributed by atoms with Crippen LogP contribution in [0, 0.1) is 0 Å². The van der Waals surface area contributed by atoms with E-state index in [1.165, 1.54) is 5.56 Å². The number of hydrogen-bond acceptors (Lipinski definition) is 3. The van der Waals surface area contributed by atoms with Gasteiger partial charge in [0, 0.05) is 6.42 Å². The van der Waals surface area contributed by atoms with Gasteiger partial charge in [-0.2, -0.15) is 0 Å². The Balaban J connectivity index is 2.13. The van der Waals surface area contributed by atoms with Crippen molar-refractivity contribution in [2.45, 2.75) is 63.5 Å². The highest BCUT2D eigenvalue weighted by Crippen LogP contribution is 2.33. The lowest BCUT2D eigenvalue weighted by atomic mass is 9.80. The van der Waals surface area contributed by atoms with Gasteiger partial charge >= 0.3 is 0 Å². The molecule has 4 heteroatoms. The van der Waals surface area contributed by atoms with E-state index >= 15 is 0 Å². The van der Waals surface area contributed by atoms with Crippen molar-refractivity contribution in [2.75, 3.05) is 0 Å². The van der Waals surface area contributed by atoms with Crippen LogP contribution in [0.1, 0.15) is 57.4 Å². The van der Waals surface area contributed by atoms with E-state index in [0.29, 0.717) is 18.8 Å². The van der Waals surface area contributed by atoms with Crippen LogP contribution >= 0.6 is 0 Å². The van der Waals surface area contributed by atoms with Gasteiger partial charge in [0.1, 0.15) is 11.9 Å². The van der Waals surface area contributed by atoms with Crippen LogP contribution in [0.25, 0.3) is 0 Å². The van der Waals surface area contributed by atoms with Crippen molar-refractivity contribution in [1.29, 1.82) is 0 Å². The normalized spacial score (nSPS) is 27.1. The fourth-order valence-electron chi connectivity index (χ4n) is 2.97. The van der Waals surface area contributed by atoms with Crippen molar-refractivity contribution in [1.82, 2.24) is 0 Å². The highest BCUT2D eigenvalue weighted by atomic mass is 16.5. The van der Waals surface area contributed by atoms with Gasteiger partial charge in [-0.3, -0.25) is 4.79 Å². The van der Waals surface area contributed by atoms with Crippen LogP contribution in [-0.4, -0.2) is 17.6 Å². The van der Waals surface area contributed by atoms with E-state index in [2.05, 4.69) is 19.9 Å². The molecule has 116 valence electrons. The topological polar surface area (TPSA) is 78.3 Å². The Kier molecular flexibility index (Phi) is 4.88. The molecule has 1 aromatic rings. The SMILES string of the molecule is CCC(C)c1ccccc1OC1CCCC(N)(C(N)=O)C1. The molecular formula is C17H26N2O2. The van der Waals surface area contributed by atoms with Crippen LogP contribution in [-0.2, 0) is 4.79 Å². The molecule has 21 heavy (non-hydrogen) atoms. The summed E-state index contributed by atoms with van der Waals surface area (Å²) < 4.78 is 6.17. The molecule has 1 aliphatic carbocycles. The number of amides is 1. The predicted octanol–water partition coefficient (Wildman–Crippen LogP) is 2.70. The first-order chi connectivity index (χ1) is 9.96. The zero-order valence-corrected chi connectivity index (χ0v) is 13.0. The molecule has 1 aromatic carbocycles. The van der Waals surface area contributed by atoms with Crippen LogP contribution < -0.4 is 16.2 Å². The number of nitrogens with two attached hydrogens (primary N) is 2.